The van der Waals surface area contributed by atoms with Gasteiger partial charge in [-0.1, -0.05) is 31.2 Å². The minimum Gasteiger partial charge on any atom is -0.305 e. The van der Waals surface area contributed by atoms with Crippen LogP contribution in [0.25, 0.3) is 0 Å². The van der Waals surface area contributed by atoms with Crippen LogP contribution in [0.1, 0.15) is 29.7 Å². The number of thiol groups is 1. The first-order valence-electron chi connectivity index (χ1n) is 5.05. The van der Waals surface area contributed by atoms with Crippen molar-refractivity contribution in [2.45, 2.75) is 25.1 Å². The van der Waals surface area contributed by atoms with Gasteiger partial charge in [-0.15, -0.1) is 0 Å². The van der Waals surface area contributed by atoms with E-state index in [1.807, 2.05) is 0 Å². The zero-order valence-corrected chi connectivity index (χ0v) is 10.1. The summed E-state index contributed by atoms with van der Waals surface area (Å²) in [6, 6.07) is 8.69. The molecule has 1 atom stereocenters. The fraction of sp³-hybridized carbons (Fsp3) is 0.500. The van der Waals surface area contributed by atoms with Gasteiger partial charge in [0.25, 0.3) is 0 Å². The maximum Gasteiger partial charge on any atom is 0.0264 e. The van der Waals surface area contributed by atoms with E-state index < -0.39 is 0 Å². The Hall–Kier alpha value is -0.470. The molecule has 0 aliphatic carbocycles. The summed E-state index contributed by atoms with van der Waals surface area (Å²) in [7, 11) is 4.18. The average molecular weight is 209 g/mol. The molecule has 0 saturated heterocycles. The van der Waals surface area contributed by atoms with Crippen LogP contribution in [0.3, 0.4) is 0 Å². The highest BCUT2D eigenvalue weighted by Crippen LogP contribution is 2.23. The second-order valence-corrected chi connectivity index (χ2v) is 4.53. The van der Waals surface area contributed by atoms with Crippen molar-refractivity contribution >= 4 is 12.6 Å². The Morgan fingerprint density at radius 3 is 2.64 bits per heavy atom. The van der Waals surface area contributed by atoms with Crippen LogP contribution < -0.4 is 0 Å². The molecule has 0 amide bonds. The van der Waals surface area contributed by atoms with E-state index in [0.717, 1.165) is 13.0 Å². The smallest absolute Gasteiger partial charge is 0.0264 e. The zero-order chi connectivity index (χ0) is 10.6. The molecular formula is C12H19NS. The molecule has 0 bridgehead atoms. The van der Waals surface area contributed by atoms with Crippen molar-refractivity contribution in [3.8, 4) is 0 Å². The van der Waals surface area contributed by atoms with E-state index in [0.29, 0.717) is 5.25 Å². The quantitative estimate of drug-likeness (QED) is 0.746. The molecule has 0 aliphatic heterocycles. The summed E-state index contributed by atoms with van der Waals surface area (Å²) in [5, 5.41) is 0.372. The SMILES string of the molecule is CCC(S)c1cccc(CN(C)C)c1. The van der Waals surface area contributed by atoms with Crippen LogP contribution in [0, 0.1) is 0 Å². The minimum absolute atomic E-state index is 0.372. The summed E-state index contributed by atoms with van der Waals surface area (Å²) in [4.78, 5) is 2.18. The number of hydrogen-bond acceptors (Lipinski definition) is 2. The average Bonchev–Trinajstić information content (AvgIpc) is 2.16. The Bertz CT molecular complexity index is 283. The van der Waals surface area contributed by atoms with E-state index in [9.17, 15) is 0 Å². The van der Waals surface area contributed by atoms with Gasteiger partial charge >= 0.3 is 0 Å². The first-order chi connectivity index (χ1) is 6.63. The predicted molar refractivity (Wildman–Crippen MR) is 65.9 cm³/mol. The monoisotopic (exact) mass is 209 g/mol. The summed E-state index contributed by atoms with van der Waals surface area (Å²) < 4.78 is 0. The fourth-order valence-corrected chi connectivity index (χ4v) is 1.66. The van der Waals surface area contributed by atoms with E-state index in [1.165, 1.54) is 11.1 Å². The van der Waals surface area contributed by atoms with Gasteiger partial charge in [0.05, 0.1) is 0 Å². The van der Waals surface area contributed by atoms with E-state index in [2.05, 4.69) is 62.8 Å². The summed E-state index contributed by atoms with van der Waals surface area (Å²) >= 11 is 4.54. The largest absolute Gasteiger partial charge is 0.305 e. The Labute approximate surface area is 92.5 Å². The van der Waals surface area contributed by atoms with Gasteiger partial charge in [0, 0.05) is 11.8 Å². The van der Waals surface area contributed by atoms with Crippen molar-refractivity contribution in [2.24, 2.45) is 0 Å². The second kappa shape index (κ2) is 5.42. The number of hydrogen-bond donors (Lipinski definition) is 1. The molecule has 0 aliphatic rings. The van der Waals surface area contributed by atoms with Gasteiger partial charge in [-0.2, -0.15) is 12.6 Å². The molecule has 0 spiro atoms. The van der Waals surface area contributed by atoms with Gasteiger partial charge in [-0.3, -0.25) is 0 Å². The summed E-state index contributed by atoms with van der Waals surface area (Å²) in [5.74, 6) is 0. The molecule has 1 aromatic carbocycles. The molecule has 14 heavy (non-hydrogen) atoms. The first-order valence-corrected chi connectivity index (χ1v) is 5.56. The highest BCUT2D eigenvalue weighted by molar-refractivity contribution is 7.80. The molecule has 0 heterocycles. The third-order valence-electron chi connectivity index (χ3n) is 2.22. The minimum atomic E-state index is 0.372. The molecule has 1 nitrogen and oxygen atoms in total. The van der Waals surface area contributed by atoms with Crippen molar-refractivity contribution in [1.29, 1.82) is 0 Å². The number of rotatable bonds is 4. The lowest BCUT2D eigenvalue weighted by Gasteiger charge is -2.13. The van der Waals surface area contributed by atoms with Gasteiger partial charge in [0.15, 0.2) is 0 Å². The topological polar surface area (TPSA) is 3.24 Å². The molecule has 1 rings (SSSR count). The van der Waals surface area contributed by atoms with Gasteiger partial charge in [-0.25, -0.2) is 0 Å². The van der Waals surface area contributed by atoms with Gasteiger partial charge in [-0.05, 0) is 31.6 Å². The van der Waals surface area contributed by atoms with Crippen LogP contribution in [0.5, 0.6) is 0 Å². The lowest BCUT2D eigenvalue weighted by molar-refractivity contribution is 0.402. The maximum absolute atomic E-state index is 4.54. The van der Waals surface area contributed by atoms with E-state index >= 15 is 0 Å². The Balaban J connectivity index is 2.78. The Morgan fingerprint density at radius 1 is 1.36 bits per heavy atom. The number of benzene rings is 1. The molecule has 0 aromatic heterocycles. The standard InChI is InChI=1S/C12H19NS/c1-4-12(14)11-7-5-6-10(8-11)9-13(2)3/h5-8,12,14H,4,9H2,1-3H3. The van der Waals surface area contributed by atoms with Crippen LogP contribution in [-0.2, 0) is 6.54 Å². The van der Waals surface area contributed by atoms with E-state index in [4.69, 9.17) is 0 Å². The van der Waals surface area contributed by atoms with Crippen molar-refractivity contribution in [3.63, 3.8) is 0 Å². The Morgan fingerprint density at radius 2 is 2.07 bits per heavy atom. The van der Waals surface area contributed by atoms with Crippen LogP contribution in [0.15, 0.2) is 24.3 Å². The molecule has 78 valence electrons. The maximum atomic E-state index is 4.54. The van der Waals surface area contributed by atoms with Crippen molar-refractivity contribution in [2.75, 3.05) is 14.1 Å². The predicted octanol–water partition coefficient (Wildman–Crippen LogP) is 3.13. The molecule has 0 saturated carbocycles. The van der Waals surface area contributed by atoms with Crippen LogP contribution in [-0.4, -0.2) is 19.0 Å². The summed E-state index contributed by atoms with van der Waals surface area (Å²) in [6.07, 6.45) is 1.08. The summed E-state index contributed by atoms with van der Waals surface area (Å²) in [6.45, 7) is 3.16. The molecule has 2 heteroatoms. The van der Waals surface area contributed by atoms with Crippen molar-refractivity contribution in [3.05, 3.63) is 35.4 Å². The first kappa shape index (κ1) is 11.6. The van der Waals surface area contributed by atoms with Crippen LogP contribution in [0.2, 0.25) is 0 Å². The van der Waals surface area contributed by atoms with E-state index in [-0.39, 0.29) is 0 Å². The molecular weight excluding hydrogens is 190 g/mol. The van der Waals surface area contributed by atoms with Crippen molar-refractivity contribution < 1.29 is 0 Å². The third kappa shape index (κ3) is 3.35. The third-order valence-corrected chi connectivity index (χ3v) is 2.88. The highest BCUT2D eigenvalue weighted by atomic mass is 32.1. The number of nitrogens with zero attached hydrogens (tertiary/aromatic N) is 1. The highest BCUT2D eigenvalue weighted by Gasteiger charge is 2.04. The molecule has 1 unspecified atom stereocenters. The zero-order valence-electron chi connectivity index (χ0n) is 9.20. The fourth-order valence-electron chi connectivity index (χ4n) is 1.50. The molecule has 1 aromatic rings. The molecule has 0 N–H and O–H groups in total. The van der Waals surface area contributed by atoms with Gasteiger partial charge < -0.3 is 4.90 Å². The van der Waals surface area contributed by atoms with Crippen LogP contribution >= 0.6 is 12.6 Å². The van der Waals surface area contributed by atoms with Crippen molar-refractivity contribution in [1.82, 2.24) is 4.90 Å². The van der Waals surface area contributed by atoms with Gasteiger partial charge in [0.1, 0.15) is 0 Å². The van der Waals surface area contributed by atoms with E-state index in [1.54, 1.807) is 0 Å². The molecule has 0 radical (unpaired) electrons. The summed E-state index contributed by atoms with van der Waals surface area (Å²) in [5.41, 5.74) is 2.69. The Kier molecular flexibility index (Phi) is 4.49. The van der Waals surface area contributed by atoms with Gasteiger partial charge in [0.2, 0.25) is 0 Å². The normalized spacial score (nSPS) is 13.2. The second-order valence-electron chi connectivity index (χ2n) is 3.91. The molecule has 0 fully saturated rings. The lowest BCUT2D eigenvalue weighted by atomic mass is 10.1. The van der Waals surface area contributed by atoms with Crippen LogP contribution in [0.4, 0.5) is 0 Å². The lowest BCUT2D eigenvalue weighted by Crippen LogP contribution is -2.10.